The summed E-state index contributed by atoms with van der Waals surface area (Å²) in [5.74, 6) is -2.27. The normalized spacial score (nSPS) is 18.0. The first-order valence-electron chi connectivity index (χ1n) is 12.1. The molecule has 0 saturated carbocycles. The standard InChI is InChI=1S/C25H29F2N5O5S/c1-3-15-4-5-17-12-38(36,37)13-22(20(17)8-15)28-11-23(33)21(9-16-6-18(26)10-19(27)7-16)30-25-24(32(34)35)29-14-31(25)2/h4-8,10,14,21-23,28,30,33H,3,9,11-13H2,1-2H3. The van der Waals surface area contributed by atoms with Crippen molar-refractivity contribution >= 4 is 21.5 Å². The van der Waals surface area contributed by atoms with Gasteiger partial charge in [0.15, 0.2) is 9.84 Å². The molecule has 3 unspecified atom stereocenters. The van der Waals surface area contributed by atoms with Crippen LogP contribution >= 0.6 is 0 Å². The van der Waals surface area contributed by atoms with Crippen LogP contribution in [0, 0.1) is 21.7 Å². The second-order valence-electron chi connectivity index (χ2n) is 9.49. The van der Waals surface area contributed by atoms with E-state index in [9.17, 15) is 32.4 Å². The summed E-state index contributed by atoms with van der Waals surface area (Å²) >= 11 is 0. The fourth-order valence-corrected chi connectivity index (χ4v) is 6.35. The van der Waals surface area contributed by atoms with Crippen molar-refractivity contribution in [1.82, 2.24) is 14.9 Å². The van der Waals surface area contributed by atoms with Gasteiger partial charge < -0.3 is 25.9 Å². The van der Waals surface area contributed by atoms with E-state index in [4.69, 9.17) is 0 Å². The number of aliphatic hydroxyl groups is 1. The summed E-state index contributed by atoms with van der Waals surface area (Å²) in [4.78, 5) is 14.5. The van der Waals surface area contributed by atoms with E-state index in [1.807, 2.05) is 19.1 Å². The Bertz CT molecular complexity index is 1430. The van der Waals surface area contributed by atoms with Crippen LogP contribution in [0.3, 0.4) is 0 Å². The molecule has 0 saturated heterocycles. The van der Waals surface area contributed by atoms with Crippen LogP contribution in [0.2, 0.25) is 0 Å². The molecular weight excluding hydrogens is 520 g/mol. The third-order valence-corrected chi connectivity index (χ3v) is 8.21. The molecule has 0 aliphatic carbocycles. The first-order valence-corrected chi connectivity index (χ1v) is 13.9. The fourth-order valence-electron chi connectivity index (χ4n) is 4.69. The molecule has 0 fully saturated rings. The van der Waals surface area contributed by atoms with Crippen LogP contribution in [0.25, 0.3) is 0 Å². The SMILES string of the molecule is CCc1ccc2c(c1)C(NCC(O)C(Cc1cc(F)cc(F)c1)Nc1c([N+](=O)[O-])ncn1C)CS(=O)(=O)C2. The molecule has 0 radical (unpaired) electrons. The van der Waals surface area contributed by atoms with E-state index in [2.05, 4.69) is 15.6 Å². The number of nitrogens with one attached hydrogen (secondary N) is 2. The molecule has 1 aromatic heterocycles. The summed E-state index contributed by atoms with van der Waals surface area (Å²) in [6, 6.07) is 7.09. The van der Waals surface area contributed by atoms with E-state index >= 15 is 0 Å². The number of nitro groups is 1. The minimum Gasteiger partial charge on any atom is -0.390 e. The third-order valence-electron chi connectivity index (χ3n) is 6.62. The average Bonchev–Trinajstić information content (AvgIpc) is 3.20. The van der Waals surface area contributed by atoms with E-state index in [1.54, 1.807) is 6.07 Å². The summed E-state index contributed by atoms with van der Waals surface area (Å²) in [6.07, 6.45) is 0.686. The Morgan fingerprint density at radius 1 is 1.21 bits per heavy atom. The lowest BCUT2D eigenvalue weighted by Gasteiger charge is -2.30. The monoisotopic (exact) mass is 549 g/mol. The second-order valence-corrected chi connectivity index (χ2v) is 11.6. The summed E-state index contributed by atoms with van der Waals surface area (Å²) in [7, 11) is -1.85. The van der Waals surface area contributed by atoms with Crippen molar-refractivity contribution in [1.29, 1.82) is 0 Å². The van der Waals surface area contributed by atoms with Crippen molar-refractivity contribution in [2.24, 2.45) is 7.05 Å². The van der Waals surface area contributed by atoms with Crippen LogP contribution in [0.5, 0.6) is 0 Å². The molecule has 2 heterocycles. The number of rotatable bonds is 10. The van der Waals surface area contributed by atoms with Gasteiger partial charge in [0, 0.05) is 25.7 Å². The lowest BCUT2D eigenvalue weighted by Crippen LogP contribution is -2.45. The van der Waals surface area contributed by atoms with E-state index in [0.717, 1.165) is 35.7 Å². The van der Waals surface area contributed by atoms with Crippen LogP contribution in [0.15, 0.2) is 42.7 Å². The number of sulfone groups is 1. The van der Waals surface area contributed by atoms with Gasteiger partial charge in [0.05, 0.1) is 23.7 Å². The maximum atomic E-state index is 13.9. The topological polar surface area (TPSA) is 139 Å². The number of aromatic nitrogens is 2. The number of imidazole rings is 1. The number of halogens is 2. The highest BCUT2D eigenvalue weighted by Gasteiger charge is 2.32. The van der Waals surface area contributed by atoms with Gasteiger partial charge in [0.25, 0.3) is 0 Å². The summed E-state index contributed by atoms with van der Waals surface area (Å²) in [6.45, 7) is 1.90. The number of fused-ring (bicyclic) bond motifs is 1. The molecule has 1 aliphatic rings. The molecule has 10 nitrogen and oxygen atoms in total. The summed E-state index contributed by atoms with van der Waals surface area (Å²) in [5, 5.41) is 28.7. The molecule has 38 heavy (non-hydrogen) atoms. The molecule has 204 valence electrons. The van der Waals surface area contributed by atoms with Gasteiger partial charge in [-0.25, -0.2) is 17.2 Å². The van der Waals surface area contributed by atoms with Crippen molar-refractivity contribution in [2.45, 2.75) is 43.7 Å². The Morgan fingerprint density at radius 3 is 2.58 bits per heavy atom. The maximum Gasteiger partial charge on any atom is 0.406 e. The van der Waals surface area contributed by atoms with Gasteiger partial charge in [0.2, 0.25) is 12.1 Å². The number of hydrogen-bond donors (Lipinski definition) is 3. The molecule has 1 aliphatic heterocycles. The smallest absolute Gasteiger partial charge is 0.390 e. The van der Waals surface area contributed by atoms with E-state index < -0.39 is 50.4 Å². The Balaban J connectivity index is 1.60. The van der Waals surface area contributed by atoms with Gasteiger partial charge >= 0.3 is 5.82 Å². The predicted octanol–water partition coefficient (Wildman–Crippen LogP) is 2.81. The number of aryl methyl sites for hydroxylation is 2. The molecule has 3 N–H and O–H groups in total. The lowest BCUT2D eigenvalue weighted by atomic mass is 9.97. The molecule has 3 aromatic rings. The number of hydrogen-bond acceptors (Lipinski definition) is 8. The van der Waals surface area contributed by atoms with E-state index in [1.165, 1.54) is 17.9 Å². The van der Waals surface area contributed by atoms with E-state index in [-0.39, 0.29) is 35.9 Å². The van der Waals surface area contributed by atoms with Crippen molar-refractivity contribution in [3.05, 3.63) is 86.7 Å². The molecular formula is C25H29F2N5O5S. The number of nitrogens with zero attached hydrogens (tertiary/aromatic N) is 3. The highest BCUT2D eigenvalue weighted by Crippen LogP contribution is 2.30. The molecule has 0 amide bonds. The Hall–Kier alpha value is -3.42. The molecule has 0 bridgehead atoms. The van der Waals surface area contributed by atoms with Gasteiger partial charge in [-0.2, -0.15) is 0 Å². The molecule has 0 spiro atoms. The molecule has 13 heteroatoms. The first-order chi connectivity index (χ1) is 18.0. The van der Waals surface area contributed by atoms with Crippen molar-refractivity contribution in [2.75, 3.05) is 17.6 Å². The Kier molecular flexibility index (Phi) is 8.09. The molecule has 3 atom stereocenters. The minimum atomic E-state index is -3.38. The Morgan fingerprint density at radius 2 is 1.92 bits per heavy atom. The first kappa shape index (κ1) is 27.6. The van der Waals surface area contributed by atoms with Crippen LogP contribution in [0.4, 0.5) is 20.4 Å². The van der Waals surface area contributed by atoms with Crippen LogP contribution < -0.4 is 10.6 Å². The van der Waals surface area contributed by atoms with Gasteiger partial charge in [-0.15, -0.1) is 0 Å². The van der Waals surface area contributed by atoms with Crippen molar-refractivity contribution in [3.8, 4) is 0 Å². The van der Waals surface area contributed by atoms with Crippen LogP contribution in [0.1, 0.15) is 35.2 Å². The number of aliphatic hydroxyl groups excluding tert-OH is 1. The summed E-state index contributed by atoms with van der Waals surface area (Å²) < 4.78 is 54.2. The summed E-state index contributed by atoms with van der Waals surface area (Å²) in [5.41, 5.74) is 2.80. The van der Waals surface area contributed by atoms with E-state index in [0.29, 0.717) is 5.56 Å². The Labute approximate surface area is 218 Å². The zero-order valence-corrected chi connectivity index (χ0v) is 21.7. The average molecular weight is 550 g/mol. The van der Waals surface area contributed by atoms with Crippen LogP contribution in [-0.4, -0.2) is 52.4 Å². The predicted molar refractivity (Wildman–Crippen MR) is 137 cm³/mol. The second kappa shape index (κ2) is 11.1. The number of benzene rings is 2. The molecule has 4 rings (SSSR count). The zero-order chi connectivity index (χ0) is 27.6. The van der Waals surface area contributed by atoms with Gasteiger partial charge in [-0.05, 0) is 57.1 Å². The quantitative estimate of drug-likeness (QED) is 0.259. The van der Waals surface area contributed by atoms with Crippen molar-refractivity contribution < 1.29 is 27.2 Å². The highest BCUT2D eigenvalue weighted by molar-refractivity contribution is 7.90. The van der Waals surface area contributed by atoms with Gasteiger partial charge in [0.1, 0.15) is 11.6 Å². The van der Waals surface area contributed by atoms with Gasteiger partial charge in [-0.3, -0.25) is 4.57 Å². The minimum absolute atomic E-state index is 0.00843. The lowest BCUT2D eigenvalue weighted by molar-refractivity contribution is -0.388. The van der Waals surface area contributed by atoms with Crippen molar-refractivity contribution in [3.63, 3.8) is 0 Å². The zero-order valence-electron chi connectivity index (χ0n) is 20.9. The van der Waals surface area contributed by atoms with Crippen LogP contribution in [-0.2, 0) is 35.5 Å². The largest absolute Gasteiger partial charge is 0.406 e. The fraction of sp³-hybridized carbons (Fsp3) is 0.400. The third kappa shape index (κ3) is 6.34. The molecule has 2 aromatic carbocycles. The highest BCUT2D eigenvalue weighted by atomic mass is 32.2. The van der Waals surface area contributed by atoms with Gasteiger partial charge in [-0.1, -0.05) is 25.1 Å². The number of anilines is 1. The maximum absolute atomic E-state index is 13.9.